The number of hydrogen-bond donors (Lipinski definition) is 0. The lowest BCUT2D eigenvalue weighted by atomic mass is 10.2. The van der Waals surface area contributed by atoms with E-state index in [2.05, 4.69) is 15.9 Å². The maximum Gasteiger partial charge on any atom is 0.343 e. The van der Waals surface area contributed by atoms with Gasteiger partial charge in [-0.25, -0.2) is 13.2 Å². The van der Waals surface area contributed by atoms with Crippen molar-refractivity contribution < 1.29 is 17.9 Å². The lowest BCUT2D eigenvalue weighted by Gasteiger charge is -2.05. The molecule has 0 radical (unpaired) electrons. The van der Waals surface area contributed by atoms with Crippen LogP contribution >= 0.6 is 15.9 Å². The van der Waals surface area contributed by atoms with Crippen molar-refractivity contribution in [2.45, 2.75) is 4.90 Å². The molecule has 0 fully saturated rings. The molecule has 0 saturated heterocycles. The molecule has 0 amide bonds. The first kappa shape index (κ1) is 14.7. The summed E-state index contributed by atoms with van der Waals surface area (Å²) >= 11 is 3.28. The first-order valence-electron chi connectivity index (χ1n) is 5.64. The van der Waals surface area contributed by atoms with E-state index >= 15 is 0 Å². The summed E-state index contributed by atoms with van der Waals surface area (Å²) in [6, 6.07) is 12.5. The van der Waals surface area contributed by atoms with Crippen LogP contribution in [0, 0.1) is 0 Å². The molecule has 20 heavy (non-hydrogen) atoms. The van der Waals surface area contributed by atoms with Gasteiger partial charge in [-0.3, -0.25) is 0 Å². The topological polar surface area (TPSA) is 60.4 Å². The van der Waals surface area contributed by atoms with E-state index < -0.39 is 15.8 Å². The molecule has 2 aromatic rings. The summed E-state index contributed by atoms with van der Waals surface area (Å²) in [5.41, 5.74) is 0.191. The van der Waals surface area contributed by atoms with Crippen molar-refractivity contribution in [1.29, 1.82) is 0 Å². The van der Waals surface area contributed by atoms with Gasteiger partial charge >= 0.3 is 5.97 Å². The molecule has 0 heterocycles. The summed E-state index contributed by atoms with van der Waals surface area (Å²) in [7, 11) is -3.35. The summed E-state index contributed by atoms with van der Waals surface area (Å²) < 4.78 is 28.9. The third-order valence-corrected chi connectivity index (χ3v) is 4.16. The normalized spacial score (nSPS) is 11.1. The Morgan fingerprint density at radius 3 is 2.35 bits per heavy atom. The Bertz CT molecular complexity index is 736. The first-order chi connectivity index (χ1) is 9.36. The van der Waals surface area contributed by atoms with Gasteiger partial charge in [0.1, 0.15) is 5.75 Å². The Labute approximate surface area is 125 Å². The molecule has 104 valence electrons. The highest BCUT2D eigenvalue weighted by Crippen LogP contribution is 2.18. The smallest absolute Gasteiger partial charge is 0.343 e. The molecule has 4 nitrogen and oxygen atoms in total. The summed E-state index contributed by atoms with van der Waals surface area (Å²) in [5.74, 6) is -0.208. The summed E-state index contributed by atoms with van der Waals surface area (Å²) in [6.45, 7) is 0. The molecule has 0 spiro atoms. The minimum absolute atomic E-state index is 0.0859. The van der Waals surface area contributed by atoms with Gasteiger partial charge in [0.2, 0.25) is 0 Å². The lowest BCUT2D eigenvalue weighted by molar-refractivity contribution is 0.0734. The number of halogens is 1. The molecule has 2 aromatic carbocycles. The number of carbonyl (C=O) groups is 1. The molecular formula is C14H11BrO4S. The van der Waals surface area contributed by atoms with Crippen LogP contribution in [0.4, 0.5) is 0 Å². The lowest BCUT2D eigenvalue weighted by Crippen LogP contribution is -2.09. The van der Waals surface area contributed by atoms with E-state index in [1.54, 1.807) is 24.3 Å². The third kappa shape index (κ3) is 3.68. The number of esters is 1. The first-order valence-corrected chi connectivity index (χ1v) is 8.32. The highest BCUT2D eigenvalue weighted by molar-refractivity contribution is 9.10. The Morgan fingerprint density at radius 1 is 1.10 bits per heavy atom. The number of rotatable bonds is 3. The zero-order valence-corrected chi connectivity index (χ0v) is 12.9. The van der Waals surface area contributed by atoms with Crippen molar-refractivity contribution in [2.24, 2.45) is 0 Å². The van der Waals surface area contributed by atoms with Crippen molar-refractivity contribution in [3.05, 3.63) is 58.6 Å². The molecule has 0 aliphatic carbocycles. The van der Waals surface area contributed by atoms with E-state index in [0.717, 1.165) is 10.7 Å². The number of hydrogen-bond acceptors (Lipinski definition) is 4. The summed E-state index contributed by atoms with van der Waals surface area (Å²) in [6.07, 6.45) is 1.09. The van der Waals surface area contributed by atoms with Gasteiger partial charge in [-0.1, -0.05) is 22.0 Å². The van der Waals surface area contributed by atoms with E-state index in [1.165, 1.54) is 24.3 Å². The van der Waals surface area contributed by atoms with E-state index in [1.807, 2.05) is 0 Å². The van der Waals surface area contributed by atoms with Crippen LogP contribution in [0.5, 0.6) is 5.75 Å². The Morgan fingerprint density at radius 2 is 1.75 bits per heavy atom. The average molecular weight is 355 g/mol. The van der Waals surface area contributed by atoms with E-state index in [9.17, 15) is 13.2 Å². The SMILES string of the molecule is CS(=O)(=O)c1cccc(C(=O)Oc2ccc(Br)cc2)c1. The predicted molar refractivity (Wildman–Crippen MR) is 78.7 cm³/mol. The van der Waals surface area contributed by atoms with Gasteiger partial charge in [0.05, 0.1) is 10.5 Å². The number of ether oxygens (including phenoxy) is 1. The van der Waals surface area contributed by atoms with Gasteiger partial charge in [0.15, 0.2) is 9.84 Å². The zero-order valence-electron chi connectivity index (χ0n) is 10.5. The Kier molecular flexibility index (Phi) is 4.25. The number of benzene rings is 2. The van der Waals surface area contributed by atoms with Crippen molar-refractivity contribution in [3.63, 3.8) is 0 Å². The number of carbonyl (C=O) groups excluding carboxylic acids is 1. The van der Waals surface area contributed by atoms with Crippen molar-refractivity contribution >= 4 is 31.7 Å². The van der Waals surface area contributed by atoms with Gasteiger partial charge in [0, 0.05) is 10.7 Å². The van der Waals surface area contributed by atoms with Crippen molar-refractivity contribution in [2.75, 3.05) is 6.26 Å². The highest BCUT2D eigenvalue weighted by atomic mass is 79.9. The molecule has 0 N–H and O–H groups in total. The second kappa shape index (κ2) is 5.76. The quantitative estimate of drug-likeness (QED) is 0.627. The molecule has 0 atom stereocenters. The number of sulfone groups is 1. The van der Waals surface area contributed by atoms with Crippen LogP contribution in [0.3, 0.4) is 0 Å². The second-order valence-corrected chi connectivity index (χ2v) is 7.07. The molecule has 0 bridgehead atoms. The standard InChI is InChI=1S/C14H11BrO4S/c1-20(17,18)13-4-2-3-10(9-13)14(16)19-12-7-5-11(15)6-8-12/h2-9H,1H3. The molecular weight excluding hydrogens is 344 g/mol. The monoisotopic (exact) mass is 354 g/mol. The fraction of sp³-hybridized carbons (Fsp3) is 0.0714. The van der Waals surface area contributed by atoms with Crippen LogP contribution in [-0.4, -0.2) is 20.6 Å². The van der Waals surface area contributed by atoms with E-state index in [4.69, 9.17) is 4.74 Å². The van der Waals surface area contributed by atoms with Crippen LogP contribution in [-0.2, 0) is 9.84 Å². The molecule has 0 unspecified atom stereocenters. The third-order valence-electron chi connectivity index (χ3n) is 2.52. The summed E-state index contributed by atoms with van der Waals surface area (Å²) in [4.78, 5) is 12.0. The maximum absolute atomic E-state index is 11.9. The largest absolute Gasteiger partial charge is 0.423 e. The summed E-state index contributed by atoms with van der Waals surface area (Å²) in [5, 5.41) is 0. The minimum atomic E-state index is -3.35. The minimum Gasteiger partial charge on any atom is -0.423 e. The van der Waals surface area contributed by atoms with Crippen LogP contribution in [0.15, 0.2) is 57.9 Å². The van der Waals surface area contributed by atoms with Crippen LogP contribution in [0.2, 0.25) is 0 Å². The molecule has 6 heteroatoms. The molecule has 0 aromatic heterocycles. The highest BCUT2D eigenvalue weighted by Gasteiger charge is 2.13. The van der Waals surface area contributed by atoms with Gasteiger partial charge in [-0.05, 0) is 42.5 Å². The van der Waals surface area contributed by atoms with Crippen LogP contribution in [0.25, 0.3) is 0 Å². The predicted octanol–water partition coefficient (Wildman–Crippen LogP) is 3.07. The van der Waals surface area contributed by atoms with Crippen molar-refractivity contribution in [3.8, 4) is 5.75 Å². The fourth-order valence-corrected chi connectivity index (χ4v) is 2.45. The fourth-order valence-electron chi connectivity index (χ4n) is 1.52. The van der Waals surface area contributed by atoms with Gasteiger partial charge in [0.25, 0.3) is 0 Å². The van der Waals surface area contributed by atoms with Gasteiger partial charge in [-0.15, -0.1) is 0 Å². The van der Waals surface area contributed by atoms with Gasteiger partial charge < -0.3 is 4.74 Å². The van der Waals surface area contributed by atoms with Crippen LogP contribution < -0.4 is 4.74 Å². The van der Waals surface area contributed by atoms with E-state index in [0.29, 0.717) is 5.75 Å². The Hall–Kier alpha value is -1.66. The van der Waals surface area contributed by atoms with E-state index in [-0.39, 0.29) is 10.5 Å². The van der Waals surface area contributed by atoms with Crippen molar-refractivity contribution in [1.82, 2.24) is 0 Å². The molecule has 0 aliphatic rings. The zero-order chi connectivity index (χ0) is 14.8. The molecule has 2 rings (SSSR count). The maximum atomic E-state index is 11.9. The average Bonchev–Trinajstić information content (AvgIpc) is 2.40. The molecule has 0 aliphatic heterocycles. The van der Waals surface area contributed by atoms with Gasteiger partial charge in [-0.2, -0.15) is 0 Å². The van der Waals surface area contributed by atoms with Crippen LogP contribution in [0.1, 0.15) is 10.4 Å². The Balaban J connectivity index is 2.23. The molecule has 0 saturated carbocycles. The second-order valence-electron chi connectivity index (χ2n) is 4.14.